The molecule has 1 aromatic carbocycles. The summed E-state index contributed by atoms with van der Waals surface area (Å²) in [7, 11) is -2.39. The van der Waals surface area contributed by atoms with Crippen molar-refractivity contribution in [2.75, 3.05) is 13.2 Å². The summed E-state index contributed by atoms with van der Waals surface area (Å²) in [6.45, 7) is 8.26. The van der Waals surface area contributed by atoms with Gasteiger partial charge in [0.25, 0.3) is 0 Å². The first-order valence-corrected chi connectivity index (χ1v) is 14.7. The zero-order valence-electron chi connectivity index (χ0n) is 22.7. The van der Waals surface area contributed by atoms with Gasteiger partial charge < -0.3 is 14.0 Å². The van der Waals surface area contributed by atoms with E-state index in [1.807, 2.05) is 44.2 Å². The molecular formula is C26H44NaO7PS. The SMILES string of the molecule is CCCCC(CC)COC(=O)CC(C(=O)OCC(CC)CCCC)S(=O)(=O)[O-].Pc1ccccc1.[Na+]. The molecule has 4 atom stereocenters. The Bertz CT molecular complexity index is 806. The van der Waals surface area contributed by atoms with Gasteiger partial charge in [-0.3, -0.25) is 9.59 Å². The first-order chi connectivity index (χ1) is 16.6. The minimum absolute atomic E-state index is 0. The maximum absolute atomic E-state index is 12.1. The van der Waals surface area contributed by atoms with E-state index < -0.39 is 33.7 Å². The molecule has 1 aromatic rings. The van der Waals surface area contributed by atoms with Crippen LogP contribution in [-0.2, 0) is 29.2 Å². The molecule has 0 N–H and O–H groups in total. The number of carbonyl (C=O) groups excluding carboxylic acids is 2. The van der Waals surface area contributed by atoms with Crippen molar-refractivity contribution in [3.63, 3.8) is 0 Å². The Labute approximate surface area is 243 Å². The Kier molecular flexibility index (Phi) is 23.5. The molecule has 202 valence electrons. The average molecular weight is 555 g/mol. The standard InChI is InChI=1S/C20H38O7S.C6H7P.Na/c1-5-9-11-16(7-3)14-26-19(21)13-18(28(23,24)25)20(22)27-15-17(8-4)12-10-6-2;7-6-4-2-1-3-5-6;/h16-18H,5-15H2,1-4H3,(H,23,24,25);1-5H,7H2;/q;;+1/p-1. The Morgan fingerprint density at radius 3 is 1.72 bits per heavy atom. The summed E-state index contributed by atoms with van der Waals surface area (Å²) in [4.78, 5) is 24.1. The van der Waals surface area contributed by atoms with Gasteiger partial charge in [0, 0.05) is 0 Å². The van der Waals surface area contributed by atoms with Crippen molar-refractivity contribution in [1.29, 1.82) is 0 Å². The molecular weight excluding hydrogens is 510 g/mol. The molecule has 0 radical (unpaired) electrons. The molecule has 0 aliphatic rings. The fourth-order valence-electron chi connectivity index (χ4n) is 3.27. The second-order valence-corrected chi connectivity index (χ2v) is 11.0. The van der Waals surface area contributed by atoms with Crippen LogP contribution in [0.2, 0.25) is 0 Å². The second kappa shape index (κ2) is 22.5. The summed E-state index contributed by atoms with van der Waals surface area (Å²) in [6.07, 6.45) is 6.58. The van der Waals surface area contributed by atoms with E-state index >= 15 is 0 Å². The molecule has 7 nitrogen and oxygen atoms in total. The van der Waals surface area contributed by atoms with Gasteiger partial charge in [0.2, 0.25) is 0 Å². The molecule has 0 saturated carbocycles. The molecule has 36 heavy (non-hydrogen) atoms. The van der Waals surface area contributed by atoms with E-state index in [4.69, 9.17) is 9.47 Å². The fraction of sp³-hybridized carbons (Fsp3) is 0.692. The van der Waals surface area contributed by atoms with Crippen molar-refractivity contribution in [1.82, 2.24) is 0 Å². The van der Waals surface area contributed by atoms with Crippen molar-refractivity contribution >= 4 is 36.6 Å². The summed E-state index contributed by atoms with van der Waals surface area (Å²) >= 11 is 0. The van der Waals surface area contributed by atoms with Gasteiger partial charge in [0.15, 0.2) is 5.25 Å². The molecule has 10 heteroatoms. The van der Waals surface area contributed by atoms with Crippen LogP contribution >= 0.6 is 9.24 Å². The smallest absolute Gasteiger partial charge is 0.747 e. The van der Waals surface area contributed by atoms with Crippen LogP contribution < -0.4 is 34.9 Å². The first kappa shape index (κ1) is 37.7. The van der Waals surface area contributed by atoms with E-state index in [2.05, 4.69) is 23.1 Å². The van der Waals surface area contributed by atoms with E-state index in [0.717, 1.165) is 51.4 Å². The topological polar surface area (TPSA) is 110 Å². The van der Waals surface area contributed by atoms with Gasteiger partial charge in [0.05, 0.1) is 19.6 Å². The zero-order valence-corrected chi connectivity index (χ0v) is 26.7. The molecule has 0 aliphatic heterocycles. The van der Waals surface area contributed by atoms with E-state index in [1.165, 1.54) is 5.30 Å². The van der Waals surface area contributed by atoms with Crippen molar-refractivity contribution in [2.45, 2.75) is 90.7 Å². The van der Waals surface area contributed by atoms with Crippen molar-refractivity contribution in [2.24, 2.45) is 11.8 Å². The Morgan fingerprint density at radius 1 is 0.889 bits per heavy atom. The maximum atomic E-state index is 12.1. The number of carbonyl (C=O) groups is 2. The fourth-order valence-corrected chi connectivity index (χ4v) is 4.13. The molecule has 0 bridgehead atoms. The van der Waals surface area contributed by atoms with Crippen LogP contribution in [0.25, 0.3) is 0 Å². The van der Waals surface area contributed by atoms with Crippen LogP contribution in [0, 0.1) is 11.8 Å². The van der Waals surface area contributed by atoms with Gasteiger partial charge in [-0.05, 0) is 30.0 Å². The molecule has 0 spiro atoms. The van der Waals surface area contributed by atoms with Crippen LogP contribution in [0.15, 0.2) is 30.3 Å². The number of hydrogen-bond donors (Lipinski definition) is 0. The van der Waals surface area contributed by atoms with Crippen LogP contribution in [0.1, 0.15) is 85.5 Å². The largest absolute Gasteiger partial charge is 1.00 e. The van der Waals surface area contributed by atoms with Gasteiger partial charge in [0.1, 0.15) is 10.1 Å². The summed E-state index contributed by atoms with van der Waals surface area (Å²) in [5.41, 5.74) is 0. The van der Waals surface area contributed by atoms with Crippen LogP contribution in [0.5, 0.6) is 0 Å². The first-order valence-electron chi connectivity index (χ1n) is 12.7. The van der Waals surface area contributed by atoms with Crippen LogP contribution in [0.4, 0.5) is 0 Å². The van der Waals surface area contributed by atoms with E-state index in [1.54, 1.807) is 0 Å². The number of ether oxygens (including phenoxy) is 2. The Hall–Kier alpha value is -0.500. The molecule has 0 fully saturated rings. The molecule has 1 rings (SSSR count). The van der Waals surface area contributed by atoms with E-state index in [-0.39, 0.29) is 54.6 Å². The molecule has 0 heterocycles. The zero-order chi connectivity index (χ0) is 26.7. The summed E-state index contributed by atoms with van der Waals surface area (Å²) in [6, 6.07) is 10.1. The predicted octanol–water partition coefficient (Wildman–Crippen LogP) is 2.00. The van der Waals surface area contributed by atoms with E-state index in [9.17, 15) is 22.6 Å². The number of unbranched alkanes of at least 4 members (excludes halogenated alkanes) is 2. The minimum atomic E-state index is -5.01. The van der Waals surface area contributed by atoms with Crippen LogP contribution in [-0.4, -0.2) is 43.4 Å². The quantitative estimate of drug-likeness (QED) is 0.133. The van der Waals surface area contributed by atoms with Gasteiger partial charge in [-0.15, -0.1) is 9.24 Å². The molecule has 4 unspecified atom stereocenters. The summed E-state index contributed by atoms with van der Waals surface area (Å²) < 4.78 is 44.6. The third-order valence-electron chi connectivity index (χ3n) is 5.79. The Morgan fingerprint density at radius 2 is 1.36 bits per heavy atom. The van der Waals surface area contributed by atoms with Gasteiger partial charge in [-0.2, -0.15) is 0 Å². The third-order valence-corrected chi connectivity index (χ3v) is 7.23. The molecule has 0 aliphatic carbocycles. The van der Waals surface area contributed by atoms with E-state index in [0.29, 0.717) is 0 Å². The van der Waals surface area contributed by atoms with Crippen molar-refractivity contribution < 1.29 is 61.6 Å². The summed E-state index contributed by atoms with van der Waals surface area (Å²) in [5, 5.41) is -0.818. The normalized spacial score (nSPS) is 13.3. The number of hydrogen-bond acceptors (Lipinski definition) is 7. The molecule has 0 saturated heterocycles. The van der Waals surface area contributed by atoms with Gasteiger partial charge in [-0.1, -0.05) is 96.6 Å². The second-order valence-electron chi connectivity index (χ2n) is 8.74. The number of esters is 2. The minimum Gasteiger partial charge on any atom is -0.747 e. The molecule has 0 aromatic heterocycles. The number of rotatable bonds is 16. The average Bonchev–Trinajstić information content (AvgIpc) is 2.82. The summed E-state index contributed by atoms with van der Waals surface area (Å²) in [5.74, 6) is -1.74. The molecule has 0 amide bonds. The monoisotopic (exact) mass is 554 g/mol. The van der Waals surface area contributed by atoms with Gasteiger partial charge >= 0.3 is 41.5 Å². The Balaban J connectivity index is 0. The third kappa shape index (κ3) is 18.7. The van der Waals surface area contributed by atoms with Crippen LogP contribution in [0.3, 0.4) is 0 Å². The van der Waals surface area contributed by atoms with Crippen molar-refractivity contribution in [3.05, 3.63) is 30.3 Å². The van der Waals surface area contributed by atoms with Crippen molar-refractivity contribution in [3.8, 4) is 0 Å². The number of benzene rings is 1. The van der Waals surface area contributed by atoms with Gasteiger partial charge in [-0.25, -0.2) is 8.42 Å². The maximum Gasteiger partial charge on any atom is 1.00 e. The predicted molar refractivity (Wildman–Crippen MR) is 142 cm³/mol.